The monoisotopic (exact) mass is 327 g/mol. The molecule has 3 rings (SSSR count). The van der Waals surface area contributed by atoms with Gasteiger partial charge in [0.05, 0.1) is 16.8 Å². The van der Waals surface area contributed by atoms with Gasteiger partial charge in [0.25, 0.3) is 5.91 Å². The van der Waals surface area contributed by atoms with Gasteiger partial charge < -0.3 is 9.64 Å². The number of hydrogen-bond donors (Lipinski definition) is 0. The fourth-order valence-electron chi connectivity index (χ4n) is 2.26. The van der Waals surface area contributed by atoms with Crippen LogP contribution in [0.4, 0.5) is 0 Å². The summed E-state index contributed by atoms with van der Waals surface area (Å²) in [7, 11) is 1.63. The van der Waals surface area contributed by atoms with Crippen LogP contribution in [0.1, 0.15) is 15.4 Å². The third-order valence-electron chi connectivity index (χ3n) is 3.45. The Morgan fingerprint density at radius 3 is 2.74 bits per heavy atom. The molecule has 118 valence electrons. The fraction of sp³-hybridized carbons (Fsp3) is 0.235. The number of rotatable bonds is 6. The van der Waals surface area contributed by atoms with Crippen LogP contribution < -0.4 is 0 Å². The molecule has 6 heteroatoms. The normalized spacial score (nSPS) is 10.8. The van der Waals surface area contributed by atoms with Crippen molar-refractivity contribution in [1.82, 2.24) is 14.9 Å². The van der Waals surface area contributed by atoms with Gasteiger partial charge in [-0.15, -0.1) is 11.3 Å². The van der Waals surface area contributed by atoms with E-state index in [1.54, 1.807) is 24.4 Å². The molecule has 5 nitrogen and oxygen atoms in total. The molecular formula is C17H17N3O2S. The van der Waals surface area contributed by atoms with Crippen molar-refractivity contribution >= 4 is 27.5 Å². The molecular weight excluding hydrogens is 310 g/mol. The van der Waals surface area contributed by atoms with Crippen LogP contribution in [0, 0.1) is 0 Å². The Hall–Kier alpha value is -2.31. The van der Waals surface area contributed by atoms with Crippen LogP contribution in [-0.2, 0) is 11.3 Å². The molecule has 3 aromatic rings. The largest absolute Gasteiger partial charge is 0.383 e. The summed E-state index contributed by atoms with van der Waals surface area (Å²) in [6.45, 7) is 1.52. The molecule has 0 unspecified atom stereocenters. The van der Waals surface area contributed by atoms with Gasteiger partial charge in [0.15, 0.2) is 5.01 Å². The standard InChI is InChI=1S/C17H17N3O2S/c1-22-11-10-20(12-13-6-8-18-9-7-13)17(21)16-19-14-4-2-3-5-15(14)23-16/h2-9H,10-12H2,1H3. The Balaban J connectivity index is 1.84. The van der Waals surface area contributed by atoms with Crippen LogP contribution in [0.25, 0.3) is 10.2 Å². The number of hydrogen-bond acceptors (Lipinski definition) is 5. The van der Waals surface area contributed by atoms with E-state index < -0.39 is 0 Å². The summed E-state index contributed by atoms with van der Waals surface area (Å²) < 4.78 is 6.15. The van der Waals surface area contributed by atoms with Gasteiger partial charge in [0.2, 0.25) is 0 Å². The maximum absolute atomic E-state index is 12.8. The average molecular weight is 327 g/mol. The molecule has 1 amide bonds. The first-order valence-electron chi connectivity index (χ1n) is 7.30. The number of fused-ring (bicyclic) bond motifs is 1. The number of carbonyl (C=O) groups is 1. The number of nitrogens with zero attached hydrogens (tertiary/aromatic N) is 3. The molecule has 0 N–H and O–H groups in total. The number of carbonyl (C=O) groups excluding carboxylic acids is 1. The number of thiazole rings is 1. The fourth-order valence-corrected chi connectivity index (χ4v) is 3.19. The summed E-state index contributed by atoms with van der Waals surface area (Å²) >= 11 is 1.42. The highest BCUT2D eigenvalue weighted by Gasteiger charge is 2.20. The molecule has 0 bridgehead atoms. The molecule has 0 saturated carbocycles. The van der Waals surface area contributed by atoms with Gasteiger partial charge in [0, 0.05) is 32.6 Å². The lowest BCUT2D eigenvalue weighted by Crippen LogP contribution is -2.33. The van der Waals surface area contributed by atoms with E-state index in [1.165, 1.54) is 11.3 Å². The molecule has 1 aromatic carbocycles. The zero-order valence-electron chi connectivity index (χ0n) is 12.8. The SMILES string of the molecule is COCCN(Cc1ccncc1)C(=O)c1nc2ccccc2s1. The quantitative estimate of drug-likeness (QED) is 0.698. The van der Waals surface area contributed by atoms with E-state index in [-0.39, 0.29) is 5.91 Å². The summed E-state index contributed by atoms with van der Waals surface area (Å²) in [5.41, 5.74) is 1.89. The number of para-hydroxylation sites is 1. The molecule has 23 heavy (non-hydrogen) atoms. The Morgan fingerprint density at radius 1 is 1.22 bits per heavy atom. The minimum absolute atomic E-state index is 0.0694. The predicted octanol–water partition coefficient (Wildman–Crippen LogP) is 2.98. The van der Waals surface area contributed by atoms with Crippen molar-refractivity contribution in [3.05, 3.63) is 59.4 Å². The van der Waals surface area contributed by atoms with Crippen molar-refractivity contribution in [3.8, 4) is 0 Å². The third-order valence-corrected chi connectivity index (χ3v) is 4.48. The highest BCUT2D eigenvalue weighted by Crippen LogP contribution is 2.23. The van der Waals surface area contributed by atoms with Gasteiger partial charge in [-0.25, -0.2) is 4.98 Å². The Morgan fingerprint density at radius 2 is 2.00 bits per heavy atom. The van der Waals surface area contributed by atoms with Crippen LogP contribution in [0.15, 0.2) is 48.8 Å². The third kappa shape index (κ3) is 3.72. The van der Waals surface area contributed by atoms with E-state index >= 15 is 0 Å². The summed E-state index contributed by atoms with van der Waals surface area (Å²) in [6.07, 6.45) is 3.46. The lowest BCUT2D eigenvalue weighted by atomic mass is 10.2. The Labute approximate surface area is 138 Å². The minimum Gasteiger partial charge on any atom is -0.383 e. The summed E-state index contributed by atoms with van der Waals surface area (Å²) in [5.74, 6) is -0.0694. The van der Waals surface area contributed by atoms with E-state index in [4.69, 9.17) is 4.74 Å². The second kappa shape index (κ2) is 7.30. The van der Waals surface area contributed by atoms with Crippen LogP contribution in [-0.4, -0.2) is 41.0 Å². The topological polar surface area (TPSA) is 55.3 Å². The van der Waals surface area contributed by atoms with E-state index in [9.17, 15) is 4.79 Å². The van der Waals surface area contributed by atoms with Gasteiger partial charge in [-0.2, -0.15) is 0 Å². The number of pyridine rings is 1. The van der Waals surface area contributed by atoms with Crippen LogP contribution in [0.5, 0.6) is 0 Å². The molecule has 0 aliphatic rings. The second-order valence-corrected chi connectivity index (χ2v) is 6.09. The molecule has 0 saturated heterocycles. The molecule has 0 atom stereocenters. The van der Waals surface area contributed by atoms with Crippen LogP contribution in [0.3, 0.4) is 0 Å². The zero-order valence-corrected chi connectivity index (χ0v) is 13.6. The molecule has 0 aliphatic heterocycles. The minimum atomic E-state index is -0.0694. The van der Waals surface area contributed by atoms with Crippen molar-refractivity contribution in [2.75, 3.05) is 20.3 Å². The van der Waals surface area contributed by atoms with Gasteiger partial charge in [-0.05, 0) is 29.8 Å². The van der Waals surface area contributed by atoms with Crippen molar-refractivity contribution in [1.29, 1.82) is 0 Å². The van der Waals surface area contributed by atoms with E-state index in [0.29, 0.717) is 24.7 Å². The number of aromatic nitrogens is 2. The molecule has 0 fully saturated rings. The Kier molecular flexibility index (Phi) is 4.95. The van der Waals surface area contributed by atoms with Crippen LogP contribution >= 0.6 is 11.3 Å². The highest BCUT2D eigenvalue weighted by molar-refractivity contribution is 7.20. The van der Waals surface area contributed by atoms with Gasteiger partial charge in [-0.1, -0.05) is 12.1 Å². The van der Waals surface area contributed by atoms with Gasteiger partial charge >= 0.3 is 0 Å². The number of methoxy groups -OCH3 is 1. The number of benzene rings is 1. The molecule has 0 radical (unpaired) electrons. The average Bonchev–Trinajstić information content (AvgIpc) is 3.03. The molecule has 2 aromatic heterocycles. The van der Waals surface area contributed by atoms with Crippen molar-refractivity contribution in [2.24, 2.45) is 0 Å². The lowest BCUT2D eigenvalue weighted by molar-refractivity contribution is 0.0680. The Bertz CT molecular complexity index is 756. The van der Waals surface area contributed by atoms with E-state index in [2.05, 4.69) is 9.97 Å². The first-order chi connectivity index (χ1) is 11.3. The molecule has 0 spiro atoms. The smallest absolute Gasteiger partial charge is 0.283 e. The second-order valence-electron chi connectivity index (χ2n) is 5.06. The van der Waals surface area contributed by atoms with Gasteiger partial charge in [0.1, 0.15) is 0 Å². The lowest BCUT2D eigenvalue weighted by Gasteiger charge is -2.21. The van der Waals surface area contributed by atoms with Crippen LogP contribution in [0.2, 0.25) is 0 Å². The maximum atomic E-state index is 12.8. The van der Waals surface area contributed by atoms with E-state index in [1.807, 2.05) is 36.4 Å². The van der Waals surface area contributed by atoms with Crippen molar-refractivity contribution in [3.63, 3.8) is 0 Å². The summed E-state index contributed by atoms with van der Waals surface area (Å²) in [6, 6.07) is 11.6. The zero-order chi connectivity index (χ0) is 16.1. The first kappa shape index (κ1) is 15.6. The van der Waals surface area contributed by atoms with E-state index in [0.717, 1.165) is 15.8 Å². The number of amides is 1. The summed E-state index contributed by atoms with van der Waals surface area (Å²) in [4.78, 5) is 23.1. The molecule has 0 aliphatic carbocycles. The first-order valence-corrected chi connectivity index (χ1v) is 8.12. The van der Waals surface area contributed by atoms with Gasteiger partial charge in [-0.3, -0.25) is 9.78 Å². The van der Waals surface area contributed by atoms with Crippen molar-refractivity contribution in [2.45, 2.75) is 6.54 Å². The van der Waals surface area contributed by atoms with Crippen molar-refractivity contribution < 1.29 is 9.53 Å². The predicted molar refractivity (Wildman–Crippen MR) is 90.5 cm³/mol. The molecule has 2 heterocycles. The summed E-state index contributed by atoms with van der Waals surface area (Å²) in [5, 5.41) is 0.511. The maximum Gasteiger partial charge on any atom is 0.283 e. The highest BCUT2D eigenvalue weighted by atomic mass is 32.1. The number of ether oxygens (including phenoxy) is 1.